The zero-order valence-corrected chi connectivity index (χ0v) is 15.1. The zero-order chi connectivity index (χ0) is 18.3. The Morgan fingerprint density at radius 2 is 1.92 bits per heavy atom. The maximum Gasteiger partial charge on any atom is 0.408 e. The van der Waals surface area contributed by atoms with Crippen molar-refractivity contribution in [3.8, 4) is 0 Å². The van der Waals surface area contributed by atoms with Gasteiger partial charge in [0.1, 0.15) is 5.60 Å². The van der Waals surface area contributed by atoms with Gasteiger partial charge in [0.05, 0.1) is 19.1 Å². The summed E-state index contributed by atoms with van der Waals surface area (Å²) in [4.78, 5) is 23.8. The summed E-state index contributed by atoms with van der Waals surface area (Å²) in [5.41, 5.74) is 1.15. The van der Waals surface area contributed by atoms with Crippen molar-refractivity contribution in [3.05, 3.63) is 48.0 Å². The van der Waals surface area contributed by atoms with Gasteiger partial charge in [0, 0.05) is 0 Å². The van der Waals surface area contributed by atoms with E-state index in [0.29, 0.717) is 6.42 Å². The molecule has 1 N–H and O–H groups in total. The molecule has 1 rings (SSSR count). The largest absolute Gasteiger partial charge is 0.469 e. The van der Waals surface area contributed by atoms with Gasteiger partial charge < -0.3 is 14.8 Å². The molecule has 2 atom stereocenters. The molecule has 0 bridgehead atoms. The highest BCUT2D eigenvalue weighted by Gasteiger charge is 2.21. The van der Waals surface area contributed by atoms with E-state index in [1.807, 2.05) is 45.0 Å². The molecule has 1 amide bonds. The van der Waals surface area contributed by atoms with E-state index in [1.165, 1.54) is 7.11 Å². The van der Waals surface area contributed by atoms with Gasteiger partial charge in [-0.25, -0.2) is 4.79 Å². The lowest BCUT2D eigenvalue weighted by molar-refractivity contribution is -0.142. The number of alkyl carbamates (subject to hydrolysis) is 1. The molecule has 0 fully saturated rings. The Morgan fingerprint density at radius 1 is 1.29 bits per heavy atom. The van der Waals surface area contributed by atoms with Crippen molar-refractivity contribution in [2.75, 3.05) is 7.11 Å². The standard InChI is InChI=1S/C19H27NO4/c1-7-9-16(20-18(22)24-19(3,4)5)15-11-8-10-14(12-15)13(2)17(21)23-6/h7-8,10-13,16H,1,9H2,2-6H3,(H,20,22)/t13?,16-/m0/s1. The van der Waals surface area contributed by atoms with Gasteiger partial charge in [-0.3, -0.25) is 4.79 Å². The first-order valence-corrected chi connectivity index (χ1v) is 7.96. The minimum atomic E-state index is -0.565. The van der Waals surface area contributed by atoms with Crippen LogP contribution in [0.1, 0.15) is 57.2 Å². The molecule has 0 spiro atoms. The van der Waals surface area contributed by atoms with E-state index in [-0.39, 0.29) is 17.9 Å². The summed E-state index contributed by atoms with van der Waals surface area (Å²) in [6, 6.07) is 7.24. The van der Waals surface area contributed by atoms with Crippen LogP contribution in [0, 0.1) is 0 Å². The minimum Gasteiger partial charge on any atom is -0.469 e. The molecular weight excluding hydrogens is 306 g/mol. The first-order valence-electron chi connectivity index (χ1n) is 7.96. The second-order valence-corrected chi connectivity index (χ2v) is 6.64. The van der Waals surface area contributed by atoms with Crippen molar-refractivity contribution in [2.45, 2.75) is 51.7 Å². The fourth-order valence-corrected chi connectivity index (χ4v) is 2.25. The summed E-state index contributed by atoms with van der Waals surface area (Å²) in [5, 5.41) is 2.85. The lowest BCUT2D eigenvalue weighted by Gasteiger charge is -2.24. The van der Waals surface area contributed by atoms with Gasteiger partial charge in [-0.1, -0.05) is 30.3 Å². The van der Waals surface area contributed by atoms with E-state index in [2.05, 4.69) is 11.9 Å². The van der Waals surface area contributed by atoms with E-state index in [1.54, 1.807) is 13.0 Å². The lowest BCUT2D eigenvalue weighted by Crippen LogP contribution is -2.34. The highest BCUT2D eigenvalue weighted by molar-refractivity contribution is 5.77. The molecule has 24 heavy (non-hydrogen) atoms. The second-order valence-electron chi connectivity index (χ2n) is 6.64. The molecule has 0 aliphatic rings. The monoisotopic (exact) mass is 333 g/mol. The van der Waals surface area contributed by atoms with E-state index in [0.717, 1.165) is 11.1 Å². The minimum absolute atomic E-state index is 0.276. The Bertz CT molecular complexity index is 589. The van der Waals surface area contributed by atoms with Crippen LogP contribution in [-0.4, -0.2) is 24.8 Å². The van der Waals surface area contributed by atoms with Crippen molar-refractivity contribution >= 4 is 12.1 Å². The maximum absolute atomic E-state index is 12.0. The fraction of sp³-hybridized carbons (Fsp3) is 0.474. The van der Waals surface area contributed by atoms with Crippen molar-refractivity contribution in [1.29, 1.82) is 0 Å². The molecule has 1 aromatic carbocycles. The Hall–Kier alpha value is -2.30. The number of amides is 1. The molecule has 132 valence electrons. The first kappa shape index (κ1) is 19.7. The number of ether oxygens (including phenoxy) is 2. The quantitative estimate of drug-likeness (QED) is 0.628. The SMILES string of the molecule is C=CC[C@H](NC(=O)OC(C)(C)C)c1cccc(C(C)C(=O)OC)c1. The Morgan fingerprint density at radius 3 is 2.46 bits per heavy atom. The molecule has 1 unspecified atom stereocenters. The highest BCUT2D eigenvalue weighted by atomic mass is 16.6. The first-order chi connectivity index (χ1) is 11.2. The summed E-state index contributed by atoms with van der Waals surface area (Å²) in [7, 11) is 1.37. The number of rotatable bonds is 6. The van der Waals surface area contributed by atoms with Crippen LogP contribution in [0.5, 0.6) is 0 Å². The highest BCUT2D eigenvalue weighted by Crippen LogP contribution is 2.24. The number of methoxy groups -OCH3 is 1. The Labute approximate surface area is 144 Å². The van der Waals surface area contributed by atoms with Crippen LogP contribution < -0.4 is 5.32 Å². The summed E-state index contributed by atoms with van der Waals surface area (Å²) in [5.74, 6) is -0.673. The number of esters is 1. The molecule has 0 aromatic heterocycles. The Balaban J connectivity index is 2.98. The number of carbonyl (C=O) groups excluding carboxylic acids is 2. The molecule has 1 aromatic rings. The zero-order valence-electron chi connectivity index (χ0n) is 15.1. The molecule has 0 saturated carbocycles. The normalized spacial score (nSPS) is 13.5. The molecule has 0 aliphatic heterocycles. The van der Waals surface area contributed by atoms with E-state index < -0.39 is 11.7 Å². The third kappa shape index (κ3) is 6.07. The number of benzene rings is 1. The molecule has 5 nitrogen and oxygen atoms in total. The van der Waals surface area contributed by atoms with Gasteiger partial charge in [-0.05, 0) is 45.2 Å². The number of nitrogens with one attached hydrogen (secondary N) is 1. The molecule has 5 heteroatoms. The predicted octanol–water partition coefficient (Wildman–Crippen LogP) is 4.11. The van der Waals surface area contributed by atoms with E-state index >= 15 is 0 Å². The molecular formula is C19H27NO4. The van der Waals surface area contributed by atoms with Crippen molar-refractivity contribution < 1.29 is 19.1 Å². The third-order valence-electron chi connectivity index (χ3n) is 3.46. The summed E-state index contributed by atoms with van der Waals surface area (Å²) in [6.45, 7) is 11.0. The predicted molar refractivity (Wildman–Crippen MR) is 93.8 cm³/mol. The van der Waals surface area contributed by atoms with Gasteiger partial charge in [0.25, 0.3) is 0 Å². The average Bonchev–Trinajstić information content (AvgIpc) is 2.51. The van der Waals surface area contributed by atoms with Gasteiger partial charge in [0.15, 0.2) is 0 Å². The topological polar surface area (TPSA) is 64.6 Å². The molecule has 0 heterocycles. The number of hydrogen-bond donors (Lipinski definition) is 1. The van der Waals surface area contributed by atoms with E-state index in [9.17, 15) is 9.59 Å². The molecule has 0 saturated heterocycles. The summed E-state index contributed by atoms with van der Waals surface area (Å²) < 4.78 is 10.1. The Kier molecular flexibility index (Phi) is 7.01. The van der Waals surface area contributed by atoms with Crippen LogP contribution in [-0.2, 0) is 14.3 Å². The average molecular weight is 333 g/mol. The summed E-state index contributed by atoms with van der Waals surface area (Å²) in [6.07, 6.45) is 1.80. The second kappa shape index (κ2) is 8.52. The van der Waals surface area contributed by atoms with Gasteiger partial charge >= 0.3 is 12.1 Å². The number of hydrogen-bond acceptors (Lipinski definition) is 4. The van der Waals surface area contributed by atoms with Crippen molar-refractivity contribution in [1.82, 2.24) is 5.32 Å². The van der Waals surface area contributed by atoms with Crippen LogP contribution in [0.15, 0.2) is 36.9 Å². The van der Waals surface area contributed by atoms with Gasteiger partial charge in [-0.2, -0.15) is 0 Å². The molecule has 0 aliphatic carbocycles. The summed E-state index contributed by atoms with van der Waals surface area (Å²) >= 11 is 0. The van der Waals surface area contributed by atoms with Gasteiger partial charge in [0.2, 0.25) is 0 Å². The van der Waals surface area contributed by atoms with Crippen LogP contribution in [0.2, 0.25) is 0 Å². The van der Waals surface area contributed by atoms with Crippen LogP contribution >= 0.6 is 0 Å². The van der Waals surface area contributed by atoms with Crippen molar-refractivity contribution in [2.24, 2.45) is 0 Å². The van der Waals surface area contributed by atoms with Crippen molar-refractivity contribution in [3.63, 3.8) is 0 Å². The third-order valence-corrected chi connectivity index (χ3v) is 3.46. The lowest BCUT2D eigenvalue weighted by atomic mass is 9.95. The maximum atomic E-state index is 12.0. The fourth-order valence-electron chi connectivity index (χ4n) is 2.25. The van der Waals surface area contributed by atoms with Crippen LogP contribution in [0.4, 0.5) is 4.79 Å². The van der Waals surface area contributed by atoms with E-state index in [4.69, 9.17) is 9.47 Å². The molecule has 0 radical (unpaired) electrons. The van der Waals surface area contributed by atoms with Crippen LogP contribution in [0.3, 0.4) is 0 Å². The number of carbonyl (C=O) groups is 2. The smallest absolute Gasteiger partial charge is 0.408 e. The van der Waals surface area contributed by atoms with Gasteiger partial charge in [-0.15, -0.1) is 6.58 Å². The van der Waals surface area contributed by atoms with Crippen LogP contribution in [0.25, 0.3) is 0 Å².